The number of hydrogen-bond acceptors (Lipinski definition) is 3. The number of nitrogens with one attached hydrogen (secondary N) is 1. The van der Waals surface area contributed by atoms with Crippen LogP contribution in [0.15, 0.2) is 24.3 Å². The molecule has 98 valence electrons. The lowest BCUT2D eigenvalue weighted by Gasteiger charge is -2.27. The summed E-state index contributed by atoms with van der Waals surface area (Å²) < 4.78 is 0. The van der Waals surface area contributed by atoms with Gasteiger partial charge in [0.2, 0.25) is 5.91 Å². The van der Waals surface area contributed by atoms with Crippen LogP contribution in [0, 0.1) is 5.92 Å². The van der Waals surface area contributed by atoms with Crippen molar-refractivity contribution in [1.82, 2.24) is 10.2 Å². The topological polar surface area (TPSA) is 52.6 Å². The second-order valence-corrected chi connectivity index (χ2v) is 4.90. The largest absolute Gasteiger partial charge is 0.508 e. The van der Waals surface area contributed by atoms with Crippen LogP contribution in [0.2, 0.25) is 0 Å². The van der Waals surface area contributed by atoms with Crippen molar-refractivity contribution in [2.24, 2.45) is 5.92 Å². The zero-order chi connectivity index (χ0) is 13.0. The van der Waals surface area contributed by atoms with Crippen molar-refractivity contribution in [3.8, 4) is 5.75 Å². The van der Waals surface area contributed by atoms with Gasteiger partial charge in [-0.3, -0.25) is 4.79 Å². The molecule has 1 aromatic carbocycles. The lowest BCUT2D eigenvalue weighted by Crippen LogP contribution is -2.41. The number of phenols is 1. The van der Waals surface area contributed by atoms with Gasteiger partial charge in [-0.25, -0.2) is 0 Å². The third-order valence-corrected chi connectivity index (χ3v) is 3.38. The predicted molar refractivity (Wildman–Crippen MR) is 70.2 cm³/mol. The summed E-state index contributed by atoms with van der Waals surface area (Å²) in [5.74, 6) is 0.570. The van der Waals surface area contributed by atoms with Gasteiger partial charge in [-0.1, -0.05) is 12.1 Å². The van der Waals surface area contributed by atoms with Crippen LogP contribution in [0.3, 0.4) is 0 Å². The first-order valence-electron chi connectivity index (χ1n) is 6.40. The van der Waals surface area contributed by atoms with E-state index in [4.69, 9.17) is 0 Å². The van der Waals surface area contributed by atoms with Crippen LogP contribution in [0.25, 0.3) is 0 Å². The number of aromatic hydroxyl groups is 1. The number of amides is 1. The van der Waals surface area contributed by atoms with Crippen molar-refractivity contribution in [3.05, 3.63) is 29.8 Å². The summed E-state index contributed by atoms with van der Waals surface area (Å²) in [5.41, 5.74) is 1.03. The molecule has 4 heteroatoms. The molecule has 1 aliphatic heterocycles. The molecule has 2 N–H and O–H groups in total. The predicted octanol–water partition coefficient (Wildman–Crippen LogP) is 1.35. The molecule has 1 saturated heterocycles. The van der Waals surface area contributed by atoms with Crippen molar-refractivity contribution in [1.29, 1.82) is 0 Å². The van der Waals surface area contributed by atoms with E-state index in [1.54, 1.807) is 17.0 Å². The molecule has 1 aromatic rings. The molecule has 2 rings (SSSR count). The number of rotatable bonds is 3. The fraction of sp³-hybridized carbons (Fsp3) is 0.500. The van der Waals surface area contributed by atoms with Crippen molar-refractivity contribution in [3.63, 3.8) is 0 Å². The highest BCUT2D eigenvalue weighted by Gasteiger charge is 2.23. The Bertz CT molecular complexity index is 397. The average molecular weight is 248 g/mol. The van der Waals surface area contributed by atoms with Crippen LogP contribution in [0.4, 0.5) is 0 Å². The minimum atomic E-state index is 0.112. The van der Waals surface area contributed by atoms with E-state index >= 15 is 0 Å². The Balaban J connectivity index is 1.92. The molecule has 0 bridgehead atoms. The summed E-state index contributed by atoms with van der Waals surface area (Å²) in [4.78, 5) is 14.0. The van der Waals surface area contributed by atoms with Crippen LogP contribution < -0.4 is 5.32 Å². The van der Waals surface area contributed by atoms with Crippen molar-refractivity contribution >= 4 is 5.91 Å². The minimum absolute atomic E-state index is 0.112. The zero-order valence-electron chi connectivity index (χ0n) is 10.7. The van der Waals surface area contributed by atoms with Gasteiger partial charge in [-0.05, 0) is 37.1 Å². The maximum Gasteiger partial charge on any atom is 0.227 e. The fourth-order valence-corrected chi connectivity index (χ4v) is 2.33. The number of hydrogen-bond donors (Lipinski definition) is 2. The Kier molecular flexibility index (Phi) is 4.20. The molecule has 0 aromatic heterocycles. The van der Waals surface area contributed by atoms with E-state index in [2.05, 4.69) is 5.32 Å². The highest BCUT2D eigenvalue weighted by atomic mass is 16.3. The van der Waals surface area contributed by atoms with E-state index in [1.807, 2.05) is 19.2 Å². The molecule has 0 radical (unpaired) electrons. The molecular formula is C14H20N2O2. The molecule has 1 fully saturated rings. The highest BCUT2D eigenvalue weighted by molar-refractivity contribution is 5.78. The van der Waals surface area contributed by atoms with Gasteiger partial charge in [-0.2, -0.15) is 0 Å². The first kappa shape index (κ1) is 12.9. The number of phenolic OH excluding ortho intramolecular Hbond substituents is 1. The third kappa shape index (κ3) is 3.23. The maximum atomic E-state index is 12.2. The van der Waals surface area contributed by atoms with Gasteiger partial charge in [0.05, 0.1) is 5.92 Å². The molecule has 1 aliphatic rings. The Labute approximate surface area is 108 Å². The summed E-state index contributed by atoms with van der Waals surface area (Å²) >= 11 is 0. The van der Waals surface area contributed by atoms with Crippen molar-refractivity contribution in [2.75, 3.05) is 20.1 Å². The molecule has 1 atom stereocenters. The van der Waals surface area contributed by atoms with E-state index in [0.717, 1.165) is 31.5 Å². The number of piperidine rings is 1. The smallest absolute Gasteiger partial charge is 0.227 e. The summed E-state index contributed by atoms with van der Waals surface area (Å²) in [6.07, 6.45) is 2.05. The quantitative estimate of drug-likeness (QED) is 0.849. The molecule has 1 heterocycles. The van der Waals surface area contributed by atoms with Crippen molar-refractivity contribution in [2.45, 2.75) is 19.4 Å². The van der Waals surface area contributed by atoms with E-state index < -0.39 is 0 Å². The van der Waals surface area contributed by atoms with Crippen molar-refractivity contribution < 1.29 is 9.90 Å². The standard InChI is InChI=1S/C14H20N2O2/c1-16(10-11-4-6-13(17)7-5-11)14(18)12-3-2-8-15-9-12/h4-7,12,15,17H,2-3,8-10H2,1H3. The maximum absolute atomic E-state index is 12.2. The number of carbonyl (C=O) groups is 1. The Morgan fingerprint density at radius 1 is 1.44 bits per heavy atom. The normalized spacial score (nSPS) is 19.5. The second kappa shape index (κ2) is 5.87. The van der Waals surface area contributed by atoms with Gasteiger partial charge in [0.15, 0.2) is 0 Å². The summed E-state index contributed by atoms with van der Waals surface area (Å²) in [7, 11) is 1.84. The number of carbonyl (C=O) groups excluding carboxylic acids is 1. The average Bonchev–Trinajstić information content (AvgIpc) is 2.41. The molecule has 0 spiro atoms. The number of nitrogens with zero attached hydrogens (tertiary/aromatic N) is 1. The molecule has 4 nitrogen and oxygen atoms in total. The minimum Gasteiger partial charge on any atom is -0.508 e. The van der Waals surface area contributed by atoms with E-state index in [9.17, 15) is 9.90 Å². The summed E-state index contributed by atoms with van der Waals surface area (Å²) in [6.45, 7) is 2.40. The highest BCUT2D eigenvalue weighted by Crippen LogP contribution is 2.15. The van der Waals surface area contributed by atoms with Crippen LogP contribution in [-0.2, 0) is 11.3 Å². The van der Waals surface area contributed by atoms with E-state index in [0.29, 0.717) is 6.54 Å². The molecule has 18 heavy (non-hydrogen) atoms. The fourth-order valence-electron chi connectivity index (χ4n) is 2.33. The van der Waals surface area contributed by atoms with E-state index in [1.165, 1.54) is 0 Å². The Hall–Kier alpha value is -1.55. The van der Waals surface area contributed by atoms with Gasteiger partial charge in [-0.15, -0.1) is 0 Å². The third-order valence-electron chi connectivity index (χ3n) is 3.38. The van der Waals surface area contributed by atoms with Crippen LogP contribution in [0.5, 0.6) is 5.75 Å². The second-order valence-electron chi connectivity index (χ2n) is 4.90. The molecule has 1 unspecified atom stereocenters. The van der Waals surface area contributed by atoms with Crippen LogP contribution in [-0.4, -0.2) is 36.1 Å². The van der Waals surface area contributed by atoms with Gasteiger partial charge >= 0.3 is 0 Å². The SMILES string of the molecule is CN(Cc1ccc(O)cc1)C(=O)C1CCCNC1. The Morgan fingerprint density at radius 3 is 2.78 bits per heavy atom. The van der Waals surface area contributed by atoms with Crippen LogP contribution >= 0.6 is 0 Å². The summed E-state index contributed by atoms with van der Waals surface area (Å²) in [5, 5.41) is 12.5. The van der Waals surface area contributed by atoms with E-state index in [-0.39, 0.29) is 17.6 Å². The lowest BCUT2D eigenvalue weighted by atomic mass is 9.98. The van der Waals surface area contributed by atoms with Gasteiger partial charge in [0.25, 0.3) is 0 Å². The van der Waals surface area contributed by atoms with Gasteiger partial charge in [0, 0.05) is 20.1 Å². The number of benzene rings is 1. The molecule has 0 saturated carbocycles. The lowest BCUT2D eigenvalue weighted by molar-refractivity contribution is -0.135. The molecule has 0 aliphatic carbocycles. The van der Waals surface area contributed by atoms with Gasteiger partial charge in [0.1, 0.15) is 5.75 Å². The monoisotopic (exact) mass is 248 g/mol. The molecular weight excluding hydrogens is 228 g/mol. The van der Waals surface area contributed by atoms with Gasteiger partial charge < -0.3 is 15.3 Å². The summed E-state index contributed by atoms with van der Waals surface area (Å²) in [6, 6.07) is 6.99. The van der Waals surface area contributed by atoms with Crippen LogP contribution in [0.1, 0.15) is 18.4 Å². The zero-order valence-corrected chi connectivity index (χ0v) is 10.7. The first-order chi connectivity index (χ1) is 8.66. The Morgan fingerprint density at radius 2 is 2.17 bits per heavy atom. The first-order valence-corrected chi connectivity index (χ1v) is 6.40. The molecule has 1 amide bonds.